The Morgan fingerprint density at radius 1 is 1.07 bits per heavy atom. The van der Waals surface area contributed by atoms with Gasteiger partial charge >= 0.3 is 0 Å². The zero-order chi connectivity index (χ0) is 20.9. The van der Waals surface area contributed by atoms with Crippen molar-refractivity contribution in [3.05, 3.63) is 83.9 Å². The van der Waals surface area contributed by atoms with Gasteiger partial charge in [0, 0.05) is 28.7 Å². The lowest BCUT2D eigenvalue weighted by Crippen LogP contribution is -2.15. The Morgan fingerprint density at radius 2 is 1.87 bits per heavy atom. The maximum Gasteiger partial charge on any atom is 0.234 e. The summed E-state index contributed by atoms with van der Waals surface area (Å²) in [5, 5.41) is 12.2. The molecule has 2 heterocycles. The lowest BCUT2D eigenvalue weighted by molar-refractivity contribution is -0.113. The summed E-state index contributed by atoms with van der Waals surface area (Å²) in [6.45, 7) is 0. The maximum absolute atomic E-state index is 13.8. The van der Waals surface area contributed by atoms with Gasteiger partial charge in [0.15, 0.2) is 11.0 Å². The standard InChI is InChI=1S/C21H15ClFN5OS/c22-15-7-9-16(10-8-15)28-20(14-4-3-11-24-12-14)26-27-21(28)30-13-19(29)25-18-6-2-1-5-17(18)23/h1-12H,13H2,(H,25,29). The Labute approximate surface area is 181 Å². The summed E-state index contributed by atoms with van der Waals surface area (Å²) in [5.74, 6) is -0.215. The summed E-state index contributed by atoms with van der Waals surface area (Å²) in [7, 11) is 0. The molecule has 1 N–H and O–H groups in total. The van der Waals surface area contributed by atoms with Gasteiger partial charge in [-0.2, -0.15) is 0 Å². The number of hydrogen-bond donors (Lipinski definition) is 1. The van der Waals surface area contributed by atoms with Crippen molar-refractivity contribution >= 4 is 35.0 Å². The van der Waals surface area contributed by atoms with E-state index >= 15 is 0 Å². The van der Waals surface area contributed by atoms with Crippen molar-refractivity contribution in [2.45, 2.75) is 5.16 Å². The number of aromatic nitrogens is 4. The van der Waals surface area contributed by atoms with Crippen LogP contribution in [0.15, 0.2) is 78.2 Å². The fourth-order valence-electron chi connectivity index (χ4n) is 2.75. The third-order valence-corrected chi connectivity index (χ3v) is 5.30. The van der Waals surface area contributed by atoms with Crippen LogP contribution in [0.3, 0.4) is 0 Å². The van der Waals surface area contributed by atoms with Gasteiger partial charge in [-0.15, -0.1) is 10.2 Å². The zero-order valence-corrected chi connectivity index (χ0v) is 17.1. The number of benzene rings is 2. The predicted octanol–water partition coefficient (Wildman–Crippen LogP) is 4.85. The van der Waals surface area contributed by atoms with Crippen molar-refractivity contribution in [1.82, 2.24) is 19.7 Å². The van der Waals surface area contributed by atoms with E-state index < -0.39 is 5.82 Å². The van der Waals surface area contributed by atoms with Crippen molar-refractivity contribution in [3.63, 3.8) is 0 Å². The van der Waals surface area contributed by atoms with E-state index in [4.69, 9.17) is 11.6 Å². The van der Waals surface area contributed by atoms with Crippen LogP contribution in [-0.2, 0) is 4.79 Å². The van der Waals surface area contributed by atoms with E-state index in [1.165, 1.54) is 23.9 Å². The van der Waals surface area contributed by atoms with Crippen LogP contribution in [-0.4, -0.2) is 31.4 Å². The molecule has 0 aliphatic heterocycles. The molecule has 30 heavy (non-hydrogen) atoms. The summed E-state index contributed by atoms with van der Waals surface area (Å²) in [4.78, 5) is 16.5. The normalized spacial score (nSPS) is 10.7. The molecule has 2 aromatic heterocycles. The van der Waals surface area contributed by atoms with Crippen LogP contribution in [0, 0.1) is 5.82 Å². The highest BCUT2D eigenvalue weighted by Gasteiger charge is 2.18. The molecular formula is C21H15ClFN5OS. The molecule has 2 aromatic carbocycles. The van der Waals surface area contributed by atoms with Crippen LogP contribution in [0.2, 0.25) is 5.02 Å². The Hall–Kier alpha value is -3.23. The molecule has 6 nitrogen and oxygen atoms in total. The molecule has 150 valence electrons. The van der Waals surface area contributed by atoms with Crippen LogP contribution in [0.5, 0.6) is 0 Å². The number of rotatable bonds is 6. The van der Waals surface area contributed by atoms with Crippen LogP contribution in [0.25, 0.3) is 17.1 Å². The number of nitrogens with zero attached hydrogens (tertiary/aromatic N) is 4. The number of hydrogen-bond acceptors (Lipinski definition) is 5. The highest BCUT2D eigenvalue weighted by atomic mass is 35.5. The van der Waals surface area contributed by atoms with Gasteiger partial charge in [-0.3, -0.25) is 14.3 Å². The van der Waals surface area contributed by atoms with E-state index in [1.807, 2.05) is 28.8 Å². The summed E-state index contributed by atoms with van der Waals surface area (Å²) in [6.07, 6.45) is 3.37. The minimum Gasteiger partial charge on any atom is -0.323 e. The Balaban J connectivity index is 1.60. The molecule has 0 aliphatic carbocycles. The second-order valence-electron chi connectivity index (χ2n) is 6.18. The maximum atomic E-state index is 13.8. The number of para-hydroxylation sites is 1. The van der Waals surface area contributed by atoms with E-state index in [-0.39, 0.29) is 17.3 Å². The summed E-state index contributed by atoms with van der Waals surface area (Å²) in [5.41, 5.74) is 1.71. The Bertz CT molecular complexity index is 1170. The van der Waals surface area contributed by atoms with Gasteiger partial charge in [-0.05, 0) is 48.5 Å². The minimum absolute atomic E-state index is 0.0348. The Morgan fingerprint density at radius 3 is 2.60 bits per heavy atom. The zero-order valence-electron chi connectivity index (χ0n) is 15.5. The molecular weight excluding hydrogens is 425 g/mol. The lowest BCUT2D eigenvalue weighted by atomic mass is 10.2. The predicted molar refractivity (Wildman–Crippen MR) is 115 cm³/mol. The molecule has 0 unspecified atom stereocenters. The second-order valence-corrected chi connectivity index (χ2v) is 7.56. The minimum atomic E-state index is -0.487. The number of nitrogens with one attached hydrogen (secondary N) is 1. The summed E-state index contributed by atoms with van der Waals surface area (Å²) >= 11 is 7.22. The number of carbonyl (C=O) groups is 1. The quantitative estimate of drug-likeness (QED) is 0.435. The van der Waals surface area contributed by atoms with Crippen molar-refractivity contribution in [2.75, 3.05) is 11.1 Å². The number of halogens is 2. The third kappa shape index (κ3) is 4.50. The van der Waals surface area contributed by atoms with E-state index in [0.717, 1.165) is 11.3 Å². The molecule has 0 saturated heterocycles. The number of amides is 1. The molecule has 1 amide bonds. The van der Waals surface area contributed by atoms with E-state index in [0.29, 0.717) is 16.0 Å². The van der Waals surface area contributed by atoms with Crippen molar-refractivity contribution in [2.24, 2.45) is 0 Å². The molecule has 0 bridgehead atoms. The fourth-order valence-corrected chi connectivity index (χ4v) is 3.63. The first-order valence-electron chi connectivity index (χ1n) is 8.91. The van der Waals surface area contributed by atoms with Crippen LogP contribution in [0.4, 0.5) is 10.1 Å². The highest BCUT2D eigenvalue weighted by molar-refractivity contribution is 7.99. The molecule has 4 rings (SSSR count). The van der Waals surface area contributed by atoms with Gasteiger partial charge in [-0.25, -0.2) is 4.39 Å². The van der Waals surface area contributed by atoms with Gasteiger partial charge in [0.2, 0.25) is 5.91 Å². The first-order valence-corrected chi connectivity index (χ1v) is 10.3. The third-order valence-electron chi connectivity index (χ3n) is 4.12. The molecule has 0 spiro atoms. The van der Waals surface area contributed by atoms with Crippen molar-refractivity contribution < 1.29 is 9.18 Å². The lowest BCUT2D eigenvalue weighted by Gasteiger charge is -2.10. The topological polar surface area (TPSA) is 72.7 Å². The van der Waals surface area contributed by atoms with E-state index in [9.17, 15) is 9.18 Å². The number of anilines is 1. The highest BCUT2D eigenvalue weighted by Crippen LogP contribution is 2.28. The van der Waals surface area contributed by atoms with Crippen molar-refractivity contribution in [1.29, 1.82) is 0 Å². The van der Waals surface area contributed by atoms with Crippen LogP contribution >= 0.6 is 23.4 Å². The molecule has 0 radical (unpaired) electrons. The average molecular weight is 440 g/mol. The summed E-state index contributed by atoms with van der Waals surface area (Å²) < 4.78 is 15.6. The fraction of sp³-hybridized carbons (Fsp3) is 0.0476. The molecule has 0 fully saturated rings. The number of carbonyl (C=O) groups excluding carboxylic acids is 1. The summed E-state index contributed by atoms with van der Waals surface area (Å²) in [6, 6.07) is 16.9. The van der Waals surface area contributed by atoms with Crippen molar-refractivity contribution in [3.8, 4) is 17.1 Å². The number of thioether (sulfide) groups is 1. The van der Waals surface area contributed by atoms with Gasteiger partial charge in [0.25, 0.3) is 0 Å². The molecule has 4 aromatic rings. The van der Waals surface area contributed by atoms with Gasteiger partial charge in [-0.1, -0.05) is 35.5 Å². The van der Waals surface area contributed by atoms with Gasteiger partial charge < -0.3 is 5.32 Å². The van der Waals surface area contributed by atoms with Crippen LogP contribution < -0.4 is 5.32 Å². The van der Waals surface area contributed by atoms with E-state index in [1.54, 1.807) is 36.7 Å². The van der Waals surface area contributed by atoms with E-state index in [2.05, 4.69) is 20.5 Å². The molecule has 9 heteroatoms. The monoisotopic (exact) mass is 439 g/mol. The number of pyridine rings is 1. The second kappa shape index (κ2) is 9.06. The Kier molecular flexibility index (Phi) is 6.06. The largest absolute Gasteiger partial charge is 0.323 e. The first kappa shape index (κ1) is 20.1. The van der Waals surface area contributed by atoms with Crippen LogP contribution in [0.1, 0.15) is 0 Å². The van der Waals surface area contributed by atoms with Gasteiger partial charge in [0.05, 0.1) is 11.4 Å². The van der Waals surface area contributed by atoms with Gasteiger partial charge in [0.1, 0.15) is 5.82 Å². The average Bonchev–Trinajstić information content (AvgIpc) is 3.19. The first-order chi connectivity index (χ1) is 14.6. The molecule has 0 aliphatic rings. The molecule has 0 atom stereocenters. The molecule has 0 saturated carbocycles. The SMILES string of the molecule is O=C(CSc1nnc(-c2cccnc2)n1-c1ccc(Cl)cc1)Nc1ccccc1F. The smallest absolute Gasteiger partial charge is 0.234 e.